The molecular weight excluding hydrogens is 803 g/mol. The summed E-state index contributed by atoms with van der Waals surface area (Å²) < 4.78 is 5.44. The van der Waals surface area contributed by atoms with Crippen LogP contribution in [0.5, 0.6) is 0 Å². The van der Waals surface area contributed by atoms with E-state index >= 15 is 0 Å². The Labute approximate surface area is 376 Å². The number of ether oxygens (including phenoxy) is 1. The molecule has 3 atom stereocenters. The molecule has 5 amide bonds. The van der Waals surface area contributed by atoms with Gasteiger partial charge in [0.15, 0.2) is 0 Å². The number of hydrogen-bond acceptors (Lipinski definition) is 6. The van der Waals surface area contributed by atoms with Crippen molar-refractivity contribution in [3.63, 3.8) is 0 Å². The van der Waals surface area contributed by atoms with Crippen molar-refractivity contribution in [3.05, 3.63) is 204 Å². The van der Waals surface area contributed by atoms with E-state index in [1.54, 1.807) is 11.0 Å². The molecule has 5 aromatic carbocycles. The Kier molecular flexibility index (Phi) is 16.8. The molecule has 0 fully saturated rings. The second kappa shape index (κ2) is 23.3. The molecule has 1 aliphatic heterocycles. The molecular formula is C53H57N5O6. The van der Waals surface area contributed by atoms with Crippen LogP contribution in [-0.4, -0.2) is 65.8 Å². The lowest BCUT2D eigenvalue weighted by molar-refractivity contribution is -0.130. The van der Waals surface area contributed by atoms with Gasteiger partial charge in [-0.2, -0.15) is 0 Å². The van der Waals surface area contributed by atoms with Gasteiger partial charge < -0.3 is 30.9 Å². The summed E-state index contributed by atoms with van der Waals surface area (Å²) in [5, 5.41) is 12.0. The number of carbonyl (C=O) groups excluding carboxylic acids is 5. The first-order valence-electron chi connectivity index (χ1n) is 21.8. The molecule has 11 heteroatoms. The zero-order valence-electron chi connectivity index (χ0n) is 36.4. The van der Waals surface area contributed by atoms with Crippen LogP contribution in [0.1, 0.15) is 60.9 Å². The summed E-state index contributed by atoms with van der Waals surface area (Å²) in [6.45, 7) is 4.83. The Bertz CT molecular complexity index is 2240. The van der Waals surface area contributed by atoms with Crippen molar-refractivity contribution in [3.8, 4) is 0 Å². The molecule has 0 unspecified atom stereocenters. The lowest BCUT2D eigenvalue weighted by Crippen LogP contribution is -2.55. The molecule has 0 bridgehead atoms. The Balaban J connectivity index is 1.23. The van der Waals surface area contributed by atoms with Crippen LogP contribution in [0, 0.1) is 5.92 Å². The number of alkyl carbamates (subject to hydrolysis) is 1. The summed E-state index contributed by atoms with van der Waals surface area (Å²) >= 11 is 0. The number of nitrogens with one attached hydrogen (secondary N) is 4. The number of carbonyl (C=O) groups is 5. The largest absolute Gasteiger partial charge is 0.445 e. The molecule has 0 aliphatic carbocycles. The quantitative estimate of drug-likeness (QED) is 0.0365. The van der Waals surface area contributed by atoms with Gasteiger partial charge in [0.05, 0.1) is 0 Å². The summed E-state index contributed by atoms with van der Waals surface area (Å²) in [7, 11) is 0. The normalized spacial score (nSPS) is 13.8. The third-order valence-corrected chi connectivity index (χ3v) is 11.0. The predicted octanol–water partition coefficient (Wildman–Crippen LogP) is 7.38. The maximum absolute atomic E-state index is 14.5. The van der Waals surface area contributed by atoms with Gasteiger partial charge in [-0.1, -0.05) is 184 Å². The van der Waals surface area contributed by atoms with Gasteiger partial charge in [0.2, 0.25) is 23.6 Å². The van der Waals surface area contributed by atoms with Crippen molar-refractivity contribution >= 4 is 29.7 Å². The van der Waals surface area contributed by atoms with Crippen LogP contribution >= 0.6 is 0 Å². The predicted molar refractivity (Wildman–Crippen MR) is 248 cm³/mol. The molecule has 0 radical (unpaired) electrons. The zero-order chi connectivity index (χ0) is 45.2. The molecule has 1 heterocycles. The minimum atomic E-state index is -1.09. The second-order valence-electron chi connectivity index (χ2n) is 16.3. The van der Waals surface area contributed by atoms with Crippen molar-refractivity contribution in [1.29, 1.82) is 0 Å². The van der Waals surface area contributed by atoms with Crippen LogP contribution in [0.15, 0.2) is 176 Å². The monoisotopic (exact) mass is 859 g/mol. The molecule has 0 saturated carbocycles. The first-order valence-corrected chi connectivity index (χ1v) is 21.8. The average molecular weight is 860 g/mol. The van der Waals surface area contributed by atoms with Gasteiger partial charge in [-0.3, -0.25) is 19.2 Å². The number of nitrogens with zero attached hydrogens (tertiary/aromatic N) is 1. The van der Waals surface area contributed by atoms with E-state index in [9.17, 15) is 24.0 Å². The SMILES string of the molecule is CC(C)C[C@H](NC(=O)OCc1ccccc1)C(=O)N[C@@H](Cc1ccccc1)C(=O)N[C@H](/C=C/C(=O)N1CC=CC1)CCC(=O)NC(c1ccccc1)(c1ccccc1)c1ccccc1. The van der Waals surface area contributed by atoms with Crippen molar-refractivity contribution < 1.29 is 28.7 Å². The number of hydrogen-bond donors (Lipinski definition) is 4. The smallest absolute Gasteiger partial charge is 0.408 e. The number of benzene rings is 5. The third-order valence-electron chi connectivity index (χ3n) is 11.0. The molecule has 1 aliphatic rings. The molecule has 0 saturated heterocycles. The van der Waals surface area contributed by atoms with E-state index in [4.69, 9.17) is 4.74 Å². The van der Waals surface area contributed by atoms with E-state index in [2.05, 4.69) is 21.3 Å². The van der Waals surface area contributed by atoms with Gasteiger partial charge in [0.1, 0.15) is 24.2 Å². The van der Waals surface area contributed by atoms with E-state index in [0.717, 1.165) is 27.8 Å². The fourth-order valence-corrected chi connectivity index (χ4v) is 7.74. The highest BCUT2D eigenvalue weighted by Crippen LogP contribution is 2.37. The summed E-state index contributed by atoms with van der Waals surface area (Å²) in [5.41, 5.74) is 3.14. The van der Waals surface area contributed by atoms with Crippen LogP contribution < -0.4 is 21.3 Å². The topological polar surface area (TPSA) is 146 Å². The molecule has 6 rings (SSSR count). The van der Waals surface area contributed by atoms with E-state index in [0.29, 0.717) is 13.1 Å². The lowest BCUT2D eigenvalue weighted by Gasteiger charge is -2.37. The van der Waals surface area contributed by atoms with Crippen LogP contribution in [-0.2, 0) is 42.5 Å². The van der Waals surface area contributed by atoms with E-state index in [1.165, 1.54) is 6.08 Å². The van der Waals surface area contributed by atoms with Crippen LogP contribution in [0.25, 0.3) is 0 Å². The Morgan fingerprint density at radius 2 is 1.11 bits per heavy atom. The molecule has 11 nitrogen and oxygen atoms in total. The fourth-order valence-electron chi connectivity index (χ4n) is 7.74. The molecule has 0 spiro atoms. The fraction of sp³-hybridized carbons (Fsp3) is 0.264. The van der Waals surface area contributed by atoms with Crippen molar-refractivity contribution in [2.24, 2.45) is 5.92 Å². The Morgan fingerprint density at radius 3 is 1.62 bits per heavy atom. The van der Waals surface area contributed by atoms with Gasteiger partial charge in [-0.05, 0) is 46.6 Å². The average Bonchev–Trinajstić information content (AvgIpc) is 3.87. The van der Waals surface area contributed by atoms with Crippen LogP contribution in [0.4, 0.5) is 4.79 Å². The highest BCUT2D eigenvalue weighted by atomic mass is 16.5. The Hall–Kier alpha value is -7.27. The minimum absolute atomic E-state index is 0.0139. The molecule has 64 heavy (non-hydrogen) atoms. The van der Waals surface area contributed by atoms with Crippen LogP contribution in [0.3, 0.4) is 0 Å². The van der Waals surface area contributed by atoms with Crippen molar-refractivity contribution in [2.75, 3.05) is 13.1 Å². The number of amides is 5. The summed E-state index contributed by atoms with van der Waals surface area (Å²) in [6, 6.07) is 45.0. The standard InChI is InChI=1S/C53H57N5O6/c1-39(2)36-46(56-52(63)64-38-41-22-10-4-11-23-41)51(62)55-47(37-40-20-8-3-9-21-40)50(61)54-45(31-33-49(60)58-34-18-19-35-58)30-32-48(59)57-53(42-24-12-5-13-25-42,43-26-14-6-15-27-43)44-28-16-7-17-29-44/h3-29,31,33,39,45-47H,30,32,34-38H2,1-2H3,(H,54,61)(H,55,62)(H,56,63)(H,57,59)/b33-31+/t45-,46-,47-/m0/s1. The first kappa shape index (κ1) is 46.2. The highest BCUT2D eigenvalue weighted by Gasteiger charge is 2.38. The van der Waals surface area contributed by atoms with Crippen LogP contribution in [0.2, 0.25) is 0 Å². The summed E-state index contributed by atoms with van der Waals surface area (Å²) in [6.07, 6.45) is 6.62. The third kappa shape index (κ3) is 13.1. The van der Waals surface area contributed by atoms with Gasteiger partial charge in [-0.15, -0.1) is 0 Å². The molecule has 0 aromatic heterocycles. The van der Waals surface area contributed by atoms with Gasteiger partial charge >= 0.3 is 6.09 Å². The summed E-state index contributed by atoms with van der Waals surface area (Å²) in [5.74, 6) is -1.58. The van der Waals surface area contributed by atoms with E-state index in [-0.39, 0.29) is 50.0 Å². The van der Waals surface area contributed by atoms with E-state index in [1.807, 2.05) is 178 Å². The summed E-state index contributed by atoms with van der Waals surface area (Å²) in [4.78, 5) is 70.8. The minimum Gasteiger partial charge on any atom is -0.445 e. The number of rotatable bonds is 20. The highest BCUT2D eigenvalue weighted by molar-refractivity contribution is 5.92. The van der Waals surface area contributed by atoms with Gasteiger partial charge in [-0.25, -0.2) is 4.79 Å². The molecule has 4 N–H and O–H groups in total. The van der Waals surface area contributed by atoms with E-state index < -0.39 is 41.6 Å². The van der Waals surface area contributed by atoms with Crippen molar-refractivity contribution in [2.45, 2.75) is 69.8 Å². The lowest BCUT2D eigenvalue weighted by atomic mass is 9.77. The molecule has 5 aromatic rings. The maximum atomic E-state index is 14.5. The first-order chi connectivity index (χ1) is 31.1. The second-order valence-corrected chi connectivity index (χ2v) is 16.3. The Morgan fingerprint density at radius 1 is 0.625 bits per heavy atom. The molecule has 330 valence electrons. The van der Waals surface area contributed by atoms with Crippen molar-refractivity contribution in [1.82, 2.24) is 26.2 Å². The zero-order valence-corrected chi connectivity index (χ0v) is 36.4. The van der Waals surface area contributed by atoms with Gasteiger partial charge in [0, 0.05) is 38.0 Å². The maximum Gasteiger partial charge on any atom is 0.408 e. The van der Waals surface area contributed by atoms with Gasteiger partial charge in [0.25, 0.3) is 0 Å².